The van der Waals surface area contributed by atoms with Gasteiger partial charge in [0.2, 0.25) is 0 Å². The van der Waals surface area contributed by atoms with Crippen molar-refractivity contribution in [2.75, 3.05) is 13.6 Å². The van der Waals surface area contributed by atoms with Gasteiger partial charge in [-0.1, -0.05) is 26.7 Å². The fourth-order valence-corrected chi connectivity index (χ4v) is 2.10. The highest BCUT2D eigenvalue weighted by molar-refractivity contribution is 4.97. The molecule has 1 nitrogen and oxygen atoms in total. The maximum atomic E-state index is 3.31. The minimum absolute atomic E-state index is 0.699. The molecule has 0 bridgehead atoms. The molecule has 1 saturated carbocycles. The van der Waals surface area contributed by atoms with Crippen molar-refractivity contribution in [1.82, 2.24) is 5.32 Å². The molecule has 1 aliphatic carbocycles. The standard InChI is InChI=1S/C10H21N/c1-4-5-9(2)10(6-7-10)8-11-3/h9,11H,4-8H2,1-3H3. The molecule has 0 aromatic heterocycles. The van der Waals surface area contributed by atoms with Gasteiger partial charge in [0.1, 0.15) is 0 Å². The van der Waals surface area contributed by atoms with E-state index in [1.807, 2.05) is 0 Å². The van der Waals surface area contributed by atoms with E-state index in [1.54, 1.807) is 0 Å². The van der Waals surface area contributed by atoms with Crippen molar-refractivity contribution < 1.29 is 0 Å². The van der Waals surface area contributed by atoms with Crippen molar-refractivity contribution in [1.29, 1.82) is 0 Å². The van der Waals surface area contributed by atoms with Crippen molar-refractivity contribution in [3.8, 4) is 0 Å². The Bertz CT molecular complexity index is 116. The average Bonchev–Trinajstić information content (AvgIpc) is 2.71. The normalized spacial score (nSPS) is 23.2. The van der Waals surface area contributed by atoms with E-state index in [2.05, 4.69) is 26.2 Å². The number of hydrogen-bond donors (Lipinski definition) is 1. The molecular formula is C10H21N. The first-order chi connectivity index (χ1) is 5.25. The molecule has 1 rings (SSSR count). The third-order valence-electron chi connectivity index (χ3n) is 3.19. The van der Waals surface area contributed by atoms with E-state index in [0.717, 1.165) is 5.92 Å². The molecule has 1 fully saturated rings. The van der Waals surface area contributed by atoms with E-state index in [9.17, 15) is 0 Å². The molecule has 0 aromatic rings. The quantitative estimate of drug-likeness (QED) is 0.643. The third kappa shape index (κ3) is 1.96. The SMILES string of the molecule is CCCC(C)C1(CNC)CC1. The molecule has 0 saturated heterocycles. The van der Waals surface area contributed by atoms with Gasteiger partial charge >= 0.3 is 0 Å². The van der Waals surface area contributed by atoms with Crippen molar-refractivity contribution in [3.05, 3.63) is 0 Å². The van der Waals surface area contributed by atoms with Gasteiger partial charge in [0, 0.05) is 6.54 Å². The van der Waals surface area contributed by atoms with Crippen molar-refractivity contribution in [3.63, 3.8) is 0 Å². The van der Waals surface area contributed by atoms with Crippen LogP contribution in [0.15, 0.2) is 0 Å². The zero-order valence-corrected chi connectivity index (χ0v) is 8.11. The Morgan fingerprint density at radius 3 is 2.45 bits per heavy atom. The Balaban J connectivity index is 2.31. The lowest BCUT2D eigenvalue weighted by atomic mass is 9.87. The van der Waals surface area contributed by atoms with E-state index < -0.39 is 0 Å². The van der Waals surface area contributed by atoms with Gasteiger partial charge in [-0.05, 0) is 31.2 Å². The van der Waals surface area contributed by atoms with Gasteiger partial charge in [0.15, 0.2) is 0 Å². The summed E-state index contributed by atoms with van der Waals surface area (Å²) in [5.41, 5.74) is 0.699. The van der Waals surface area contributed by atoms with Crippen molar-refractivity contribution in [2.24, 2.45) is 11.3 Å². The second-order valence-electron chi connectivity index (χ2n) is 4.08. The van der Waals surface area contributed by atoms with E-state index in [0.29, 0.717) is 5.41 Å². The predicted molar refractivity (Wildman–Crippen MR) is 49.7 cm³/mol. The topological polar surface area (TPSA) is 12.0 Å². The highest BCUT2D eigenvalue weighted by Gasteiger charge is 2.45. The summed E-state index contributed by atoms with van der Waals surface area (Å²) in [5.74, 6) is 0.931. The maximum Gasteiger partial charge on any atom is 0.000736 e. The van der Waals surface area contributed by atoms with E-state index in [4.69, 9.17) is 0 Å². The van der Waals surface area contributed by atoms with Crippen molar-refractivity contribution in [2.45, 2.75) is 39.5 Å². The first kappa shape index (κ1) is 9.05. The Morgan fingerprint density at radius 2 is 2.09 bits per heavy atom. The lowest BCUT2D eigenvalue weighted by Gasteiger charge is -2.22. The van der Waals surface area contributed by atoms with Gasteiger partial charge in [-0.15, -0.1) is 0 Å². The molecule has 0 heterocycles. The molecular weight excluding hydrogens is 134 g/mol. The fraction of sp³-hybridized carbons (Fsp3) is 1.00. The first-order valence-corrected chi connectivity index (χ1v) is 4.90. The summed E-state index contributed by atoms with van der Waals surface area (Å²) in [7, 11) is 2.07. The highest BCUT2D eigenvalue weighted by atomic mass is 14.9. The molecule has 1 atom stereocenters. The van der Waals surface area contributed by atoms with Crippen LogP contribution in [0, 0.1) is 11.3 Å². The summed E-state index contributed by atoms with van der Waals surface area (Å²) >= 11 is 0. The van der Waals surface area contributed by atoms with Crippen LogP contribution in [0.2, 0.25) is 0 Å². The number of hydrogen-bond acceptors (Lipinski definition) is 1. The van der Waals surface area contributed by atoms with E-state index >= 15 is 0 Å². The van der Waals surface area contributed by atoms with Crippen molar-refractivity contribution >= 4 is 0 Å². The Hall–Kier alpha value is -0.0400. The van der Waals surface area contributed by atoms with Gasteiger partial charge < -0.3 is 5.32 Å². The molecule has 0 spiro atoms. The maximum absolute atomic E-state index is 3.31. The summed E-state index contributed by atoms with van der Waals surface area (Å²) in [6, 6.07) is 0. The zero-order chi connectivity index (χ0) is 8.32. The summed E-state index contributed by atoms with van der Waals surface area (Å²) < 4.78 is 0. The summed E-state index contributed by atoms with van der Waals surface area (Å²) in [6.45, 7) is 5.92. The van der Waals surface area contributed by atoms with Crippen LogP contribution in [-0.4, -0.2) is 13.6 Å². The lowest BCUT2D eigenvalue weighted by Crippen LogP contribution is -2.25. The van der Waals surface area contributed by atoms with Crippen LogP contribution in [0.3, 0.4) is 0 Å². The summed E-state index contributed by atoms with van der Waals surface area (Å²) in [6.07, 6.45) is 5.65. The monoisotopic (exact) mass is 155 g/mol. The Kier molecular flexibility index (Phi) is 2.94. The molecule has 0 aliphatic heterocycles. The van der Waals surface area contributed by atoms with Crippen LogP contribution in [0.4, 0.5) is 0 Å². The van der Waals surface area contributed by atoms with Crippen LogP contribution in [-0.2, 0) is 0 Å². The fourth-order valence-electron chi connectivity index (χ4n) is 2.10. The van der Waals surface area contributed by atoms with Gasteiger partial charge in [0.25, 0.3) is 0 Å². The molecule has 0 radical (unpaired) electrons. The van der Waals surface area contributed by atoms with Gasteiger partial charge in [-0.25, -0.2) is 0 Å². The smallest absolute Gasteiger partial charge is 0.000736 e. The summed E-state index contributed by atoms with van der Waals surface area (Å²) in [4.78, 5) is 0. The average molecular weight is 155 g/mol. The molecule has 1 N–H and O–H groups in total. The largest absolute Gasteiger partial charge is 0.319 e. The van der Waals surface area contributed by atoms with Crippen LogP contribution in [0.1, 0.15) is 39.5 Å². The summed E-state index contributed by atoms with van der Waals surface area (Å²) in [5, 5.41) is 3.31. The first-order valence-electron chi connectivity index (χ1n) is 4.90. The number of nitrogens with one attached hydrogen (secondary N) is 1. The van der Waals surface area contributed by atoms with E-state index in [-0.39, 0.29) is 0 Å². The molecule has 0 aromatic carbocycles. The predicted octanol–water partition coefficient (Wildman–Crippen LogP) is 2.42. The Morgan fingerprint density at radius 1 is 1.45 bits per heavy atom. The van der Waals surface area contributed by atoms with Crippen LogP contribution < -0.4 is 5.32 Å². The van der Waals surface area contributed by atoms with Gasteiger partial charge in [-0.2, -0.15) is 0 Å². The Labute approximate surface area is 70.6 Å². The number of rotatable bonds is 5. The van der Waals surface area contributed by atoms with Crippen LogP contribution in [0.5, 0.6) is 0 Å². The second kappa shape index (κ2) is 3.57. The molecule has 66 valence electrons. The molecule has 11 heavy (non-hydrogen) atoms. The molecule has 1 aliphatic rings. The minimum atomic E-state index is 0.699. The zero-order valence-electron chi connectivity index (χ0n) is 8.11. The van der Waals surface area contributed by atoms with Crippen LogP contribution in [0.25, 0.3) is 0 Å². The van der Waals surface area contributed by atoms with Gasteiger partial charge in [-0.3, -0.25) is 0 Å². The third-order valence-corrected chi connectivity index (χ3v) is 3.19. The van der Waals surface area contributed by atoms with Gasteiger partial charge in [0.05, 0.1) is 0 Å². The minimum Gasteiger partial charge on any atom is -0.319 e. The molecule has 0 amide bonds. The molecule has 1 heteroatoms. The van der Waals surface area contributed by atoms with Crippen LogP contribution >= 0.6 is 0 Å². The molecule has 1 unspecified atom stereocenters. The second-order valence-corrected chi connectivity index (χ2v) is 4.08. The van der Waals surface area contributed by atoms with E-state index in [1.165, 1.54) is 32.2 Å². The lowest BCUT2D eigenvalue weighted by molar-refractivity contribution is 0.303. The highest BCUT2D eigenvalue weighted by Crippen LogP contribution is 2.52.